The molecule has 3 nitrogen and oxygen atoms in total. The number of benzene rings is 1. The number of hydrogen-bond donors (Lipinski definition) is 2. The van der Waals surface area contributed by atoms with Gasteiger partial charge in [-0.3, -0.25) is 5.41 Å². The van der Waals surface area contributed by atoms with Crippen LogP contribution in [0.25, 0.3) is 0 Å². The molecule has 6 heteroatoms. The molecule has 0 amide bonds. The highest BCUT2D eigenvalue weighted by molar-refractivity contribution is 9.10. The zero-order valence-electron chi connectivity index (χ0n) is 7.31. The van der Waals surface area contributed by atoms with E-state index in [1.807, 2.05) is 0 Å². The molecule has 0 atom stereocenters. The van der Waals surface area contributed by atoms with E-state index in [-0.39, 0.29) is 5.96 Å². The van der Waals surface area contributed by atoms with E-state index < -0.39 is 0 Å². The molecule has 0 saturated carbocycles. The number of hydrogen-bond acceptors (Lipinski definition) is 1. The van der Waals surface area contributed by atoms with E-state index in [0.717, 1.165) is 0 Å². The van der Waals surface area contributed by atoms with Gasteiger partial charge >= 0.3 is 0 Å². The van der Waals surface area contributed by atoms with Crippen LogP contribution in [0.15, 0.2) is 16.6 Å². The highest BCUT2D eigenvalue weighted by Crippen LogP contribution is 2.35. The Balaban J connectivity index is 3.27. The van der Waals surface area contributed by atoms with Crippen LogP contribution in [0.4, 0.5) is 5.69 Å². The van der Waals surface area contributed by atoms with Crippen LogP contribution in [0.5, 0.6) is 0 Å². The SMILES string of the molecule is CN(C(=N)N)c1c(Cl)cc(Cl)cc1Br. The van der Waals surface area contributed by atoms with Crippen LogP contribution >= 0.6 is 39.1 Å². The van der Waals surface area contributed by atoms with E-state index in [9.17, 15) is 0 Å². The summed E-state index contributed by atoms with van der Waals surface area (Å²) in [5.41, 5.74) is 5.97. The van der Waals surface area contributed by atoms with Crippen LogP contribution in [-0.4, -0.2) is 13.0 Å². The topological polar surface area (TPSA) is 53.1 Å². The maximum Gasteiger partial charge on any atom is 0.192 e. The largest absolute Gasteiger partial charge is 0.370 e. The summed E-state index contributed by atoms with van der Waals surface area (Å²) in [5.74, 6) is -0.0880. The smallest absolute Gasteiger partial charge is 0.192 e. The van der Waals surface area contributed by atoms with Crippen molar-refractivity contribution in [1.29, 1.82) is 5.41 Å². The summed E-state index contributed by atoms with van der Waals surface area (Å²) in [6.07, 6.45) is 0. The Morgan fingerprint density at radius 1 is 1.50 bits per heavy atom. The maximum absolute atomic E-state index is 7.28. The van der Waals surface area contributed by atoms with Gasteiger partial charge in [0, 0.05) is 16.5 Å². The summed E-state index contributed by atoms with van der Waals surface area (Å²) in [7, 11) is 1.65. The number of nitrogens with zero attached hydrogens (tertiary/aromatic N) is 1. The van der Waals surface area contributed by atoms with Gasteiger partial charge in [0.1, 0.15) is 0 Å². The molecule has 0 spiro atoms. The highest BCUT2D eigenvalue weighted by atomic mass is 79.9. The Morgan fingerprint density at radius 2 is 2.07 bits per heavy atom. The van der Waals surface area contributed by atoms with E-state index in [0.29, 0.717) is 20.2 Å². The number of halogens is 3. The predicted octanol–water partition coefficient (Wildman–Crippen LogP) is 3.09. The molecule has 0 aliphatic heterocycles. The first-order chi connectivity index (χ1) is 6.43. The molecule has 76 valence electrons. The molecule has 0 radical (unpaired) electrons. The van der Waals surface area contributed by atoms with Crippen molar-refractivity contribution in [3.05, 3.63) is 26.7 Å². The zero-order chi connectivity index (χ0) is 10.9. The molecule has 1 aromatic rings. The normalized spacial score (nSPS) is 10.0. The van der Waals surface area contributed by atoms with Crippen molar-refractivity contribution in [1.82, 2.24) is 0 Å². The first-order valence-corrected chi connectivity index (χ1v) is 5.20. The molecule has 0 aliphatic carbocycles. The second-order valence-electron chi connectivity index (χ2n) is 2.66. The number of anilines is 1. The van der Waals surface area contributed by atoms with Gasteiger partial charge in [-0.25, -0.2) is 0 Å². The minimum atomic E-state index is -0.0880. The van der Waals surface area contributed by atoms with Crippen molar-refractivity contribution in [2.24, 2.45) is 5.73 Å². The van der Waals surface area contributed by atoms with E-state index >= 15 is 0 Å². The lowest BCUT2D eigenvalue weighted by Gasteiger charge is -2.19. The Kier molecular flexibility index (Phi) is 3.64. The molecule has 0 heterocycles. The Labute approximate surface area is 100 Å². The molecule has 0 saturated heterocycles. The second kappa shape index (κ2) is 4.38. The molecular formula is C8H8BrCl2N3. The van der Waals surface area contributed by atoms with Gasteiger partial charge in [-0.05, 0) is 28.1 Å². The summed E-state index contributed by atoms with van der Waals surface area (Å²) < 4.78 is 0.702. The number of rotatable bonds is 1. The summed E-state index contributed by atoms with van der Waals surface area (Å²) in [6.45, 7) is 0. The number of nitrogens with two attached hydrogens (primary N) is 1. The van der Waals surface area contributed by atoms with Crippen LogP contribution < -0.4 is 10.6 Å². The van der Waals surface area contributed by atoms with Gasteiger partial charge in [0.15, 0.2) is 5.96 Å². The fourth-order valence-corrected chi connectivity index (χ4v) is 2.57. The lowest BCUT2D eigenvalue weighted by atomic mass is 10.3. The van der Waals surface area contributed by atoms with Crippen LogP contribution in [0.2, 0.25) is 10.0 Å². The van der Waals surface area contributed by atoms with Crippen molar-refractivity contribution in [2.75, 3.05) is 11.9 Å². The van der Waals surface area contributed by atoms with E-state index in [2.05, 4.69) is 15.9 Å². The molecule has 3 N–H and O–H groups in total. The van der Waals surface area contributed by atoms with Gasteiger partial charge in [0.25, 0.3) is 0 Å². The lowest BCUT2D eigenvalue weighted by molar-refractivity contribution is 1.19. The molecule has 0 bridgehead atoms. The van der Waals surface area contributed by atoms with Crippen LogP contribution in [0.1, 0.15) is 0 Å². The fraction of sp³-hybridized carbons (Fsp3) is 0.125. The number of nitrogens with one attached hydrogen (secondary N) is 1. The molecule has 14 heavy (non-hydrogen) atoms. The van der Waals surface area contributed by atoms with Crippen LogP contribution in [-0.2, 0) is 0 Å². The Hall–Kier alpha value is -0.450. The highest BCUT2D eigenvalue weighted by Gasteiger charge is 2.13. The maximum atomic E-state index is 7.28. The molecular weight excluding hydrogens is 289 g/mol. The molecule has 1 rings (SSSR count). The zero-order valence-corrected chi connectivity index (χ0v) is 10.4. The van der Waals surface area contributed by atoms with Crippen LogP contribution in [0.3, 0.4) is 0 Å². The van der Waals surface area contributed by atoms with Gasteiger partial charge in [-0.1, -0.05) is 23.2 Å². The molecule has 0 fully saturated rings. The van der Waals surface area contributed by atoms with E-state index in [4.69, 9.17) is 34.3 Å². The standard InChI is InChI=1S/C8H8BrCl2N3/c1-14(8(12)13)7-5(9)2-4(10)3-6(7)11/h2-3H,1H3,(H3,12,13). The third-order valence-electron chi connectivity index (χ3n) is 1.68. The average molecular weight is 297 g/mol. The van der Waals surface area contributed by atoms with Gasteiger partial charge in [-0.2, -0.15) is 0 Å². The minimum absolute atomic E-state index is 0.0880. The predicted molar refractivity (Wildman–Crippen MR) is 64.5 cm³/mol. The third kappa shape index (κ3) is 2.32. The average Bonchev–Trinajstić information content (AvgIpc) is 2.01. The van der Waals surface area contributed by atoms with E-state index in [1.165, 1.54) is 4.90 Å². The molecule has 0 aromatic heterocycles. The number of guanidine groups is 1. The van der Waals surface area contributed by atoms with Crippen molar-refractivity contribution in [3.63, 3.8) is 0 Å². The second-order valence-corrected chi connectivity index (χ2v) is 4.36. The monoisotopic (exact) mass is 295 g/mol. The van der Waals surface area contributed by atoms with Crippen molar-refractivity contribution in [3.8, 4) is 0 Å². The first kappa shape index (κ1) is 11.6. The summed E-state index contributed by atoms with van der Waals surface area (Å²) >= 11 is 15.1. The summed E-state index contributed by atoms with van der Waals surface area (Å²) in [6, 6.07) is 3.30. The lowest BCUT2D eigenvalue weighted by Crippen LogP contribution is -2.33. The van der Waals surface area contributed by atoms with Gasteiger partial charge in [-0.15, -0.1) is 0 Å². The summed E-state index contributed by atoms with van der Waals surface area (Å²) in [4.78, 5) is 1.46. The van der Waals surface area contributed by atoms with Crippen molar-refractivity contribution < 1.29 is 0 Å². The third-order valence-corrected chi connectivity index (χ3v) is 2.79. The Morgan fingerprint density at radius 3 is 2.50 bits per heavy atom. The summed E-state index contributed by atoms with van der Waals surface area (Å²) in [5, 5.41) is 8.25. The van der Waals surface area contributed by atoms with Gasteiger partial charge in [0.05, 0.1) is 10.7 Å². The van der Waals surface area contributed by atoms with E-state index in [1.54, 1.807) is 19.2 Å². The fourth-order valence-electron chi connectivity index (χ4n) is 0.975. The molecule has 0 unspecified atom stereocenters. The van der Waals surface area contributed by atoms with Crippen molar-refractivity contribution in [2.45, 2.75) is 0 Å². The minimum Gasteiger partial charge on any atom is -0.370 e. The van der Waals surface area contributed by atoms with Crippen molar-refractivity contribution >= 4 is 50.8 Å². The Bertz CT molecular complexity index is 358. The molecule has 1 aromatic carbocycles. The molecule has 0 aliphatic rings. The van der Waals surface area contributed by atoms with Gasteiger partial charge in [0.2, 0.25) is 0 Å². The quantitative estimate of drug-likeness (QED) is 0.618. The first-order valence-electron chi connectivity index (χ1n) is 3.65. The van der Waals surface area contributed by atoms with Crippen LogP contribution in [0, 0.1) is 5.41 Å². The van der Waals surface area contributed by atoms with Gasteiger partial charge < -0.3 is 10.6 Å².